The monoisotopic (exact) mass is 298 g/mol. The standard InChI is InChI=1S/C14H19ClN2O3/c1-3-8(2)13(16)14(18)17-10-7-12-11(6-9(10)15)19-4-5-20-12/h6-8,13H,3-5,16H2,1-2H3,(H,17,18)/t8-,13-/m0/s1. The quantitative estimate of drug-likeness (QED) is 0.895. The number of ether oxygens (including phenoxy) is 2. The molecule has 20 heavy (non-hydrogen) atoms. The number of carbonyl (C=O) groups excluding carboxylic acids is 1. The molecule has 0 radical (unpaired) electrons. The van der Waals surface area contributed by atoms with Crippen molar-refractivity contribution in [2.45, 2.75) is 26.3 Å². The number of hydrogen-bond donors (Lipinski definition) is 2. The SMILES string of the molecule is CC[C@H](C)[C@H](N)C(=O)Nc1cc2c(cc1Cl)OCCO2. The van der Waals surface area contributed by atoms with Gasteiger partial charge in [-0.05, 0) is 5.92 Å². The molecule has 0 saturated heterocycles. The molecule has 0 fully saturated rings. The topological polar surface area (TPSA) is 73.6 Å². The number of carbonyl (C=O) groups is 1. The molecule has 0 spiro atoms. The lowest BCUT2D eigenvalue weighted by atomic mass is 9.99. The van der Waals surface area contributed by atoms with Crippen LogP contribution in [-0.4, -0.2) is 25.2 Å². The Kier molecular flexibility index (Phi) is 4.73. The summed E-state index contributed by atoms with van der Waals surface area (Å²) in [6, 6.07) is 2.74. The van der Waals surface area contributed by atoms with E-state index >= 15 is 0 Å². The van der Waals surface area contributed by atoms with Gasteiger partial charge in [0.1, 0.15) is 13.2 Å². The summed E-state index contributed by atoms with van der Waals surface area (Å²) in [5.74, 6) is 1.02. The Morgan fingerprint density at radius 2 is 2.00 bits per heavy atom. The van der Waals surface area contributed by atoms with Gasteiger partial charge in [0.05, 0.1) is 16.8 Å². The summed E-state index contributed by atoms with van der Waals surface area (Å²) in [6.07, 6.45) is 0.837. The highest BCUT2D eigenvalue weighted by Gasteiger charge is 2.22. The van der Waals surface area contributed by atoms with Crippen LogP contribution in [0.15, 0.2) is 12.1 Å². The fourth-order valence-corrected chi connectivity index (χ4v) is 2.09. The number of rotatable bonds is 4. The summed E-state index contributed by atoms with van der Waals surface area (Å²) < 4.78 is 10.9. The van der Waals surface area contributed by atoms with E-state index in [1.807, 2.05) is 13.8 Å². The summed E-state index contributed by atoms with van der Waals surface area (Å²) in [7, 11) is 0. The second-order valence-corrected chi connectivity index (χ2v) is 5.28. The summed E-state index contributed by atoms with van der Waals surface area (Å²) in [6.45, 7) is 4.91. The highest BCUT2D eigenvalue weighted by atomic mass is 35.5. The number of amides is 1. The number of benzene rings is 1. The van der Waals surface area contributed by atoms with Crippen molar-refractivity contribution in [3.63, 3.8) is 0 Å². The highest BCUT2D eigenvalue weighted by Crippen LogP contribution is 2.38. The van der Waals surface area contributed by atoms with Gasteiger partial charge in [0, 0.05) is 12.1 Å². The molecule has 0 saturated carbocycles. The Balaban J connectivity index is 2.15. The van der Waals surface area contributed by atoms with Gasteiger partial charge >= 0.3 is 0 Å². The Morgan fingerprint density at radius 1 is 1.40 bits per heavy atom. The first-order valence-electron chi connectivity index (χ1n) is 6.68. The molecule has 3 N–H and O–H groups in total. The van der Waals surface area contributed by atoms with Crippen LogP contribution in [0.1, 0.15) is 20.3 Å². The lowest BCUT2D eigenvalue weighted by Gasteiger charge is -2.21. The first-order valence-corrected chi connectivity index (χ1v) is 7.06. The summed E-state index contributed by atoms with van der Waals surface area (Å²) >= 11 is 6.13. The van der Waals surface area contributed by atoms with Crippen molar-refractivity contribution in [1.82, 2.24) is 0 Å². The summed E-state index contributed by atoms with van der Waals surface area (Å²) in [5.41, 5.74) is 6.38. The van der Waals surface area contributed by atoms with Crippen LogP contribution in [0, 0.1) is 5.92 Å². The van der Waals surface area contributed by atoms with E-state index in [9.17, 15) is 4.79 Å². The number of hydrogen-bond acceptors (Lipinski definition) is 4. The van der Waals surface area contributed by atoms with E-state index < -0.39 is 6.04 Å². The van der Waals surface area contributed by atoms with Gasteiger partial charge in [-0.15, -0.1) is 0 Å². The lowest BCUT2D eigenvalue weighted by molar-refractivity contribution is -0.118. The Hall–Kier alpha value is -1.46. The Labute approximate surface area is 123 Å². The van der Waals surface area contributed by atoms with Crippen LogP contribution in [0.4, 0.5) is 5.69 Å². The average molecular weight is 299 g/mol. The largest absolute Gasteiger partial charge is 0.486 e. The number of halogens is 1. The third kappa shape index (κ3) is 3.16. The fraction of sp³-hybridized carbons (Fsp3) is 0.500. The molecule has 1 aromatic carbocycles. The maximum Gasteiger partial charge on any atom is 0.241 e. The van der Waals surface area contributed by atoms with Crippen molar-refractivity contribution >= 4 is 23.2 Å². The first-order chi connectivity index (χ1) is 9.52. The van der Waals surface area contributed by atoms with E-state index in [1.165, 1.54) is 0 Å². The molecule has 5 nitrogen and oxygen atoms in total. The van der Waals surface area contributed by atoms with E-state index in [0.717, 1.165) is 6.42 Å². The molecule has 1 aliphatic heterocycles. The van der Waals surface area contributed by atoms with E-state index in [0.29, 0.717) is 35.4 Å². The van der Waals surface area contributed by atoms with Gasteiger partial charge < -0.3 is 20.5 Å². The van der Waals surface area contributed by atoms with Crippen LogP contribution in [0.5, 0.6) is 11.5 Å². The number of fused-ring (bicyclic) bond motifs is 1. The number of anilines is 1. The van der Waals surface area contributed by atoms with Crippen molar-refractivity contribution in [2.24, 2.45) is 11.7 Å². The van der Waals surface area contributed by atoms with Crippen molar-refractivity contribution < 1.29 is 14.3 Å². The van der Waals surface area contributed by atoms with E-state index in [-0.39, 0.29) is 11.8 Å². The zero-order chi connectivity index (χ0) is 14.7. The molecule has 0 unspecified atom stereocenters. The predicted molar refractivity (Wildman–Crippen MR) is 78.5 cm³/mol. The molecule has 0 aromatic heterocycles. The molecular weight excluding hydrogens is 280 g/mol. The smallest absolute Gasteiger partial charge is 0.241 e. The molecule has 6 heteroatoms. The van der Waals surface area contributed by atoms with Gasteiger partial charge in [-0.2, -0.15) is 0 Å². The van der Waals surface area contributed by atoms with Crippen LogP contribution < -0.4 is 20.5 Å². The minimum absolute atomic E-state index is 0.103. The van der Waals surface area contributed by atoms with E-state index in [2.05, 4.69) is 5.32 Å². The predicted octanol–water partition coefficient (Wildman–Crippen LogP) is 2.42. The molecule has 2 rings (SSSR count). The molecule has 1 amide bonds. The van der Waals surface area contributed by atoms with Crippen molar-refractivity contribution in [2.75, 3.05) is 18.5 Å². The molecular formula is C14H19ClN2O3. The summed E-state index contributed by atoms with van der Waals surface area (Å²) in [5, 5.41) is 3.15. The van der Waals surface area contributed by atoms with Crippen LogP contribution in [0.25, 0.3) is 0 Å². The lowest BCUT2D eigenvalue weighted by Crippen LogP contribution is -2.40. The van der Waals surface area contributed by atoms with Gasteiger partial charge in [0.2, 0.25) is 5.91 Å². The third-order valence-electron chi connectivity index (χ3n) is 3.45. The van der Waals surface area contributed by atoms with Crippen molar-refractivity contribution in [3.05, 3.63) is 17.2 Å². The highest BCUT2D eigenvalue weighted by molar-refractivity contribution is 6.34. The molecule has 110 valence electrons. The first kappa shape index (κ1) is 14.9. The minimum atomic E-state index is -0.565. The van der Waals surface area contributed by atoms with E-state index in [4.69, 9.17) is 26.8 Å². The number of nitrogens with one attached hydrogen (secondary N) is 1. The van der Waals surface area contributed by atoms with Gasteiger partial charge in [0.15, 0.2) is 11.5 Å². The summed E-state index contributed by atoms with van der Waals surface area (Å²) in [4.78, 5) is 12.1. The molecule has 0 aliphatic carbocycles. The normalized spacial score (nSPS) is 16.4. The van der Waals surface area contributed by atoms with Crippen molar-refractivity contribution in [1.29, 1.82) is 0 Å². The Bertz CT molecular complexity index is 507. The van der Waals surface area contributed by atoms with Crippen LogP contribution in [0.2, 0.25) is 5.02 Å². The molecule has 1 heterocycles. The van der Waals surface area contributed by atoms with Gasteiger partial charge in [-0.1, -0.05) is 31.9 Å². The fourth-order valence-electron chi connectivity index (χ4n) is 1.89. The maximum atomic E-state index is 12.1. The average Bonchev–Trinajstić information content (AvgIpc) is 2.46. The molecule has 1 aromatic rings. The second kappa shape index (κ2) is 6.33. The zero-order valence-electron chi connectivity index (χ0n) is 11.6. The number of nitrogens with two attached hydrogens (primary N) is 1. The van der Waals surface area contributed by atoms with Gasteiger partial charge in [0.25, 0.3) is 0 Å². The van der Waals surface area contributed by atoms with Gasteiger partial charge in [-0.3, -0.25) is 4.79 Å². The van der Waals surface area contributed by atoms with E-state index in [1.54, 1.807) is 12.1 Å². The Morgan fingerprint density at radius 3 is 2.60 bits per heavy atom. The molecule has 1 aliphatic rings. The van der Waals surface area contributed by atoms with Crippen LogP contribution in [-0.2, 0) is 4.79 Å². The van der Waals surface area contributed by atoms with Gasteiger partial charge in [-0.25, -0.2) is 0 Å². The molecule has 0 bridgehead atoms. The van der Waals surface area contributed by atoms with Crippen LogP contribution >= 0.6 is 11.6 Å². The van der Waals surface area contributed by atoms with Crippen molar-refractivity contribution in [3.8, 4) is 11.5 Å². The van der Waals surface area contributed by atoms with Crippen LogP contribution in [0.3, 0.4) is 0 Å². The zero-order valence-corrected chi connectivity index (χ0v) is 12.4. The minimum Gasteiger partial charge on any atom is -0.486 e. The second-order valence-electron chi connectivity index (χ2n) is 4.88. The molecule has 2 atom stereocenters. The maximum absolute atomic E-state index is 12.1. The third-order valence-corrected chi connectivity index (χ3v) is 3.76.